The van der Waals surface area contributed by atoms with Gasteiger partial charge >= 0.3 is 5.97 Å². The topological polar surface area (TPSA) is 62.5 Å². The average Bonchev–Trinajstić information content (AvgIpc) is 3.08. The fraction of sp³-hybridized carbons (Fsp3) is 0.385. The number of carbonyl (C=O) groups excluding carboxylic acids is 1. The van der Waals surface area contributed by atoms with Crippen LogP contribution in [-0.2, 0) is 28.9 Å². The third-order valence-corrected chi connectivity index (χ3v) is 6.74. The fourth-order valence-corrected chi connectivity index (χ4v) is 4.91. The molecule has 0 aliphatic heterocycles. The van der Waals surface area contributed by atoms with Gasteiger partial charge in [-0.2, -0.15) is 0 Å². The number of carboxylic acid groups (broad SMARTS) is 1. The second kappa shape index (κ2) is 8.77. The summed E-state index contributed by atoms with van der Waals surface area (Å²) in [6.07, 6.45) is 2.78. The molecule has 1 N–H and O–H groups in total. The molecule has 0 bridgehead atoms. The predicted molar refractivity (Wildman–Crippen MR) is 122 cm³/mol. The van der Waals surface area contributed by atoms with Crippen LogP contribution in [0.25, 0.3) is 10.9 Å². The molecule has 0 saturated carbocycles. The monoisotopic (exact) mass is 436 g/mol. The molecule has 5 nitrogen and oxygen atoms in total. The number of rotatable bonds is 6. The van der Waals surface area contributed by atoms with Crippen LogP contribution in [0, 0.1) is 12.7 Å². The molecule has 1 aliphatic carbocycles. The van der Waals surface area contributed by atoms with Gasteiger partial charge < -0.3 is 14.6 Å². The number of carbonyl (C=O) groups is 2. The summed E-state index contributed by atoms with van der Waals surface area (Å²) in [6.45, 7) is 3.87. The molecule has 0 radical (unpaired) electrons. The Balaban J connectivity index is 1.65. The number of amides is 1. The minimum Gasteiger partial charge on any atom is -0.480 e. The molecule has 1 aliphatic rings. The Morgan fingerprint density at radius 3 is 2.59 bits per heavy atom. The summed E-state index contributed by atoms with van der Waals surface area (Å²) in [5.41, 5.74) is 4.81. The molecule has 32 heavy (non-hydrogen) atoms. The number of nitrogens with zero attached hydrogens (tertiary/aromatic N) is 2. The molecule has 1 aromatic heterocycles. The van der Waals surface area contributed by atoms with Gasteiger partial charge in [0.1, 0.15) is 11.9 Å². The van der Waals surface area contributed by atoms with Crippen LogP contribution in [0.3, 0.4) is 0 Å². The van der Waals surface area contributed by atoms with E-state index < -0.39 is 12.0 Å². The number of halogens is 1. The fourth-order valence-electron chi connectivity index (χ4n) is 4.91. The van der Waals surface area contributed by atoms with Crippen LogP contribution in [0.5, 0.6) is 0 Å². The van der Waals surface area contributed by atoms with E-state index in [-0.39, 0.29) is 17.8 Å². The van der Waals surface area contributed by atoms with E-state index in [1.54, 1.807) is 11.0 Å². The first-order valence-electron chi connectivity index (χ1n) is 11.1. The Kier molecular flexibility index (Phi) is 6.04. The zero-order valence-corrected chi connectivity index (χ0v) is 18.8. The normalized spacial score (nSPS) is 16.6. The van der Waals surface area contributed by atoms with Crippen molar-refractivity contribution in [1.29, 1.82) is 0 Å². The lowest BCUT2D eigenvalue weighted by atomic mass is 9.90. The first kappa shape index (κ1) is 22.1. The van der Waals surface area contributed by atoms with Crippen molar-refractivity contribution in [1.82, 2.24) is 9.47 Å². The van der Waals surface area contributed by atoms with Crippen LogP contribution in [-0.4, -0.2) is 39.5 Å². The first-order chi connectivity index (χ1) is 15.3. The average molecular weight is 437 g/mol. The van der Waals surface area contributed by atoms with Gasteiger partial charge in [-0.05, 0) is 61.9 Å². The van der Waals surface area contributed by atoms with Gasteiger partial charge in [-0.1, -0.05) is 36.8 Å². The number of carboxylic acids is 1. The predicted octanol–water partition coefficient (Wildman–Crippen LogP) is 4.68. The molecule has 1 amide bonds. The van der Waals surface area contributed by atoms with Gasteiger partial charge in [-0.25, -0.2) is 9.18 Å². The number of aryl methyl sites for hydroxylation is 1. The number of hydrogen-bond acceptors (Lipinski definition) is 2. The molecule has 168 valence electrons. The molecule has 1 heterocycles. The van der Waals surface area contributed by atoms with Crippen LogP contribution in [0.1, 0.15) is 48.2 Å². The molecule has 6 heteroatoms. The lowest BCUT2D eigenvalue weighted by Gasteiger charge is -2.32. The summed E-state index contributed by atoms with van der Waals surface area (Å²) in [7, 11) is 1.83. The van der Waals surface area contributed by atoms with E-state index in [1.807, 2.05) is 49.7 Å². The van der Waals surface area contributed by atoms with Crippen molar-refractivity contribution in [2.75, 3.05) is 7.05 Å². The minimum absolute atomic E-state index is 0.00679. The van der Waals surface area contributed by atoms with Crippen molar-refractivity contribution in [3.8, 4) is 0 Å². The van der Waals surface area contributed by atoms with Gasteiger partial charge in [0, 0.05) is 29.7 Å². The summed E-state index contributed by atoms with van der Waals surface area (Å²) >= 11 is 0. The summed E-state index contributed by atoms with van der Waals surface area (Å²) in [6, 6.07) is 11.8. The molecule has 0 fully saturated rings. The van der Waals surface area contributed by atoms with Gasteiger partial charge in [-0.3, -0.25) is 4.79 Å². The highest BCUT2D eigenvalue weighted by atomic mass is 19.1. The quantitative estimate of drug-likeness (QED) is 0.610. The molecule has 0 saturated heterocycles. The Hall–Kier alpha value is -3.15. The Bertz CT molecular complexity index is 1170. The zero-order chi connectivity index (χ0) is 23.0. The van der Waals surface area contributed by atoms with Gasteiger partial charge in [-0.15, -0.1) is 0 Å². The molecule has 4 rings (SSSR count). The lowest BCUT2D eigenvalue weighted by Crippen LogP contribution is -2.41. The molecular formula is C26H29FN2O3. The standard InChI is InChI=1S/C26H29FN2O3/c1-4-22(26(31)32)29-23-11-9-18(27)14-20(23)21-15-19(10-12-24(21)29)28(3)25(30)13-17-7-5-16(2)6-8-17/h5-9,11,14,19,22H,4,10,12-13,15H2,1-3H3,(H,31,32). The van der Waals surface area contributed by atoms with Crippen molar-refractivity contribution in [2.45, 2.75) is 58.0 Å². The zero-order valence-electron chi connectivity index (χ0n) is 18.8. The number of aromatic nitrogens is 1. The minimum atomic E-state index is -0.885. The molecule has 3 aromatic rings. The molecule has 2 aromatic carbocycles. The van der Waals surface area contributed by atoms with Crippen LogP contribution >= 0.6 is 0 Å². The number of benzene rings is 2. The van der Waals surface area contributed by atoms with Crippen LogP contribution in [0.15, 0.2) is 42.5 Å². The summed E-state index contributed by atoms with van der Waals surface area (Å²) in [5, 5.41) is 10.5. The second-order valence-corrected chi connectivity index (χ2v) is 8.78. The van der Waals surface area contributed by atoms with E-state index in [9.17, 15) is 19.1 Å². The van der Waals surface area contributed by atoms with Crippen molar-refractivity contribution >= 4 is 22.8 Å². The highest BCUT2D eigenvalue weighted by Gasteiger charge is 2.32. The molecule has 2 unspecified atom stereocenters. The van der Waals surface area contributed by atoms with E-state index in [1.165, 1.54) is 12.1 Å². The van der Waals surface area contributed by atoms with Crippen LogP contribution in [0.4, 0.5) is 4.39 Å². The SMILES string of the molecule is CCC(C(=O)O)n1c2c(c3cc(F)ccc31)CC(N(C)C(=O)Cc1ccc(C)cc1)CC2. The van der Waals surface area contributed by atoms with E-state index >= 15 is 0 Å². The summed E-state index contributed by atoms with van der Waals surface area (Å²) in [5.74, 6) is -1.18. The molecule has 2 atom stereocenters. The molecular weight excluding hydrogens is 407 g/mol. The van der Waals surface area contributed by atoms with Crippen LogP contribution < -0.4 is 0 Å². The number of fused-ring (bicyclic) bond motifs is 3. The summed E-state index contributed by atoms with van der Waals surface area (Å²) in [4.78, 5) is 26.7. The third-order valence-electron chi connectivity index (χ3n) is 6.74. The Labute approximate surface area is 187 Å². The van der Waals surface area contributed by atoms with E-state index in [0.717, 1.165) is 39.7 Å². The van der Waals surface area contributed by atoms with Gasteiger partial charge in [0.25, 0.3) is 0 Å². The maximum absolute atomic E-state index is 14.1. The number of likely N-dealkylation sites (N-methyl/N-ethyl adjacent to an activating group) is 1. The highest BCUT2D eigenvalue weighted by Crippen LogP contribution is 2.37. The first-order valence-corrected chi connectivity index (χ1v) is 11.1. The lowest BCUT2D eigenvalue weighted by molar-refractivity contribution is -0.141. The van der Waals surface area contributed by atoms with Crippen molar-refractivity contribution in [2.24, 2.45) is 0 Å². The maximum Gasteiger partial charge on any atom is 0.326 e. The number of hydrogen-bond donors (Lipinski definition) is 1. The summed E-state index contributed by atoms with van der Waals surface area (Å²) < 4.78 is 16.0. The highest BCUT2D eigenvalue weighted by molar-refractivity contribution is 5.88. The second-order valence-electron chi connectivity index (χ2n) is 8.78. The van der Waals surface area contributed by atoms with E-state index in [0.29, 0.717) is 25.7 Å². The van der Waals surface area contributed by atoms with Crippen molar-refractivity contribution in [3.63, 3.8) is 0 Å². The smallest absolute Gasteiger partial charge is 0.326 e. The van der Waals surface area contributed by atoms with Crippen molar-refractivity contribution < 1.29 is 19.1 Å². The molecule has 0 spiro atoms. The van der Waals surface area contributed by atoms with Gasteiger partial charge in [0.05, 0.1) is 6.42 Å². The van der Waals surface area contributed by atoms with E-state index in [4.69, 9.17) is 0 Å². The van der Waals surface area contributed by atoms with Gasteiger partial charge in [0.15, 0.2) is 0 Å². The third kappa shape index (κ3) is 4.01. The number of aliphatic carboxylic acids is 1. The van der Waals surface area contributed by atoms with E-state index in [2.05, 4.69) is 0 Å². The Morgan fingerprint density at radius 1 is 1.22 bits per heavy atom. The largest absolute Gasteiger partial charge is 0.480 e. The van der Waals surface area contributed by atoms with Crippen molar-refractivity contribution in [3.05, 3.63) is 70.7 Å². The van der Waals surface area contributed by atoms with Gasteiger partial charge in [0.2, 0.25) is 5.91 Å². The van der Waals surface area contributed by atoms with Crippen LogP contribution in [0.2, 0.25) is 0 Å². The Morgan fingerprint density at radius 2 is 1.94 bits per heavy atom. The maximum atomic E-state index is 14.1.